The van der Waals surface area contributed by atoms with Gasteiger partial charge in [0.1, 0.15) is 232 Å². The van der Waals surface area contributed by atoms with E-state index in [-0.39, 0.29) is 0 Å². The molecule has 10 aliphatic heterocycles. The number of aliphatic carboxylic acids is 2. The molecule has 62 nitrogen and oxygen atoms in total. The Hall–Kier alpha value is -5.63. The fourth-order valence-electron chi connectivity index (χ4n) is 17.5. The second-order valence-electron chi connectivity index (χ2n) is 34.6. The first kappa shape index (κ1) is 114. The van der Waals surface area contributed by atoms with Crippen LogP contribution in [0.3, 0.4) is 0 Å². The molecule has 0 saturated carbocycles. The molecule has 0 aromatic heterocycles. The maximum absolute atomic E-state index is 13.2. The van der Waals surface area contributed by atoms with Crippen LogP contribution in [0.2, 0.25) is 0 Å². The zero-order chi connectivity index (χ0) is 102. The molecule has 10 rings (SSSR count). The van der Waals surface area contributed by atoms with Crippen LogP contribution in [0.5, 0.6) is 0 Å². The molecule has 138 heavy (non-hydrogen) atoms. The van der Waals surface area contributed by atoms with Gasteiger partial charge in [-0.3, -0.25) is 24.0 Å². The van der Waals surface area contributed by atoms with Crippen LogP contribution >= 0.6 is 0 Å². The van der Waals surface area contributed by atoms with Gasteiger partial charge in [0, 0.05) is 47.5 Å². The number of ether oxygens (including phenoxy) is 19. The number of hydrogen-bond acceptors (Lipinski definition) is 55. The molecule has 62 heteroatoms. The predicted molar refractivity (Wildman–Crippen MR) is 422 cm³/mol. The molecule has 796 valence electrons. The lowest BCUT2D eigenvalue weighted by Crippen LogP contribution is -2.70. The van der Waals surface area contributed by atoms with Crippen LogP contribution < -0.4 is 26.6 Å². The van der Waals surface area contributed by atoms with Crippen LogP contribution in [0.1, 0.15) is 47.5 Å². The molecular formula is C76H125N5O57. The van der Waals surface area contributed by atoms with Gasteiger partial charge < -0.3 is 275 Å². The van der Waals surface area contributed by atoms with Crippen LogP contribution in [-0.2, 0) is 124 Å². The number of carbonyl (C=O) groups is 7. The van der Waals surface area contributed by atoms with Gasteiger partial charge in [-0.1, -0.05) is 0 Å². The van der Waals surface area contributed by atoms with Crippen molar-refractivity contribution in [3.63, 3.8) is 0 Å². The number of carboxylic acid groups (broad SMARTS) is 2. The highest BCUT2D eigenvalue weighted by molar-refractivity contribution is 5.78. The van der Waals surface area contributed by atoms with Gasteiger partial charge in [-0.05, 0) is 0 Å². The zero-order valence-electron chi connectivity index (χ0n) is 73.8. The van der Waals surface area contributed by atoms with Gasteiger partial charge in [-0.25, -0.2) is 9.59 Å². The molecule has 0 radical (unpaired) electrons. The summed E-state index contributed by atoms with van der Waals surface area (Å²) in [5.41, 5.74) is 0. The minimum Gasteiger partial charge on any atom is -0.477 e. The normalized spacial score (nSPS) is 46.2. The summed E-state index contributed by atoms with van der Waals surface area (Å²) >= 11 is 0. The average molecular weight is 2020 g/mol. The number of aliphatic hydroxyl groups is 29. The largest absolute Gasteiger partial charge is 0.477 e. The summed E-state index contributed by atoms with van der Waals surface area (Å²) in [7, 11) is 0. The molecule has 0 aromatic rings. The lowest BCUT2D eigenvalue weighted by molar-refractivity contribution is -0.398. The van der Waals surface area contributed by atoms with Crippen molar-refractivity contribution in [1.82, 2.24) is 26.6 Å². The molecule has 10 heterocycles. The lowest BCUT2D eigenvalue weighted by Gasteiger charge is -2.51. The number of rotatable bonds is 39. The lowest BCUT2D eigenvalue weighted by atomic mass is 9.88. The van der Waals surface area contributed by atoms with Gasteiger partial charge in [0.25, 0.3) is 11.6 Å². The second-order valence-corrected chi connectivity index (χ2v) is 34.6. The summed E-state index contributed by atoms with van der Waals surface area (Å²) in [5.74, 6) is -15.0. The fourth-order valence-corrected chi connectivity index (χ4v) is 17.5. The first-order chi connectivity index (χ1) is 64.9. The predicted octanol–water partition coefficient (Wildman–Crippen LogP) is -23.7. The van der Waals surface area contributed by atoms with Crippen molar-refractivity contribution in [3.05, 3.63) is 0 Å². The van der Waals surface area contributed by atoms with Crippen LogP contribution in [0, 0.1) is 0 Å². The Morgan fingerprint density at radius 3 is 0.942 bits per heavy atom. The zero-order valence-corrected chi connectivity index (χ0v) is 73.8. The average Bonchev–Trinajstić information content (AvgIpc) is 0.767. The van der Waals surface area contributed by atoms with Crippen LogP contribution in [0.4, 0.5) is 0 Å². The van der Waals surface area contributed by atoms with Crippen molar-refractivity contribution in [1.29, 1.82) is 0 Å². The molecule has 36 N–H and O–H groups in total. The first-order valence-electron chi connectivity index (χ1n) is 43.4. The molecule has 0 aliphatic carbocycles. The maximum atomic E-state index is 13.2. The number of carboxylic acids is 2. The molecule has 0 spiro atoms. The molecule has 10 saturated heterocycles. The number of nitrogens with one attached hydrogen (secondary N) is 5. The second kappa shape index (κ2) is 49.0. The van der Waals surface area contributed by atoms with Crippen molar-refractivity contribution in [3.8, 4) is 0 Å². The van der Waals surface area contributed by atoms with Crippen LogP contribution in [0.15, 0.2) is 0 Å². The van der Waals surface area contributed by atoms with Gasteiger partial charge in [-0.15, -0.1) is 0 Å². The third-order valence-corrected chi connectivity index (χ3v) is 24.8. The molecule has 10 aliphatic rings. The molecule has 20 unspecified atom stereocenters. The van der Waals surface area contributed by atoms with Crippen molar-refractivity contribution in [2.75, 3.05) is 66.1 Å². The van der Waals surface area contributed by atoms with Crippen molar-refractivity contribution >= 4 is 41.5 Å². The van der Waals surface area contributed by atoms with Gasteiger partial charge in [0.2, 0.25) is 29.5 Å². The van der Waals surface area contributed by atoms with E-state index in [1.165, 1.54) is 0 Å². The van der Waals surface area contributed by atoms with E-state index >= 15 is 0 Å². The number of hydrogen-bond donors (Lipinski definition) is 36. The number of amides is 5. The van der Waals surface area contributed by atoms with Crippen molar-refractivity contribution in [2.45, 2.75) is 365 Å². The Kier molecular flexibility index (Phi) is 40.6. The topological polar surface area (TPSA) is 982 Å². The van der Waals surface area contributed by atoms with E-state index in [2.05, 4.69) is 26.6 Å². The van der Waals surface area contributed by atoms with Gasteiger partial charge in [0.05, 0.1) is 90.4 Å². The van der Waals surface area contributed by atoms with E-state index in [0.29, 0.717) is 0 Å². The van der Waals surface area contributed by atoms with E-state index in [4.69, 9.17) is 90.0 Å². The Morgan fingerprint density at radius 2 is 0.587 bits per heavy atom. The standard InChI is InChI=1S/C76H125N5O57/c1-18(89)77-35-23(94)6-75(73(116)117,137-60(35)40(98)25(96)8-82)121-16-33-44(102)50(108)54(112)68(129-33)131-58-30(13-87)126-66(38(48(58)106)80-21(4)92)135-63-52(110)42(100)27(10-84)124-71(63)120-15-32-46(104)62(56(114)70(128-32)133-57-29(12-86)123-65(115)37(47(57)105)79-20(3)91)134-72-64(53(111)43(101)28(11-85)125-72)136-67-39(81-22(5)93)49(107)59(31(14-88)127-67)132-69-55(113)51(109)45(103)34(130-69)17-122-76(74(118)119)7-24(95)36(78-19(2)90)61(138-76)41(99)26(97)9-83/h23-72,82-88,94-115H,6-17H2,1-5H3,(H,77,89)(H,78,90)(H,79,91)(H,80,92)(H,81,93)(H,116,117)(H,118,119)/t23-,24-,25-,26-,27?,28+,29?,30?,31?,32?,33?,34?,35-,36-,37?,38?,39?,40?,41?,42-,43-,44+,45+,46-,47-,48-,49-,50+,51+,52+,53?,54?,55?,56?,57-,58-,59-,60?,61?,62+,63?,64?,65-,66+,67+,68+,69+,70+,71+,72-,75-,76-/m1/s1. The highest BCUT2D eigenvalue weighted by atomic mass is 16.8. The third-order valence-electron chi connectivity index (χ3n) is 24.8. The van der Waals surface area contributed by atoms with Crippen molar-refractivity contribution in [2.24, 2.45) is 0 Å². The van der Waals surface area contributed by atoms with E-state index in [1.54, 1.807) is 0 Å². The SMILES string of the molecule is CC(=O)NC1[C@H](OC2C(O)[C@H](O)[C@H](CO)O[C@@H]2O[C@@H]2C(O)[C@H](O[C@@H]3C(CO)O[C@@H](O)C(NC(C)=O)[C@H]3O)OC(CO[C@H]3OC(CO)[C@@H](O)[C@H](O)C3O[C@@H]3OC(CO)[C@@H](O[C@@H]4OC(CO[C@]5(C(=O)O)C[C@@H](O)[C@@H](NC(C)=O)C(C(O)[C@H](O)CO)O5)[C@H](O)[C@H](O)C4O)[C@H](O)C3NC(C)=O)[C@H]2O)OC(CO)[C@@H](O[C@@H]2OC(CO[C@]3(C(=O)O)C[C@@H](O)[C@@H](NC(C)=O)C(C(O)[C@H](O)CO)O3)[C@H](O)[C@H](O)C2O)[C@@H]1O. The Balaban J connectivity index is 0.908. The van der Waals surface area contributed by atoms with Crippen LogP contribution in [0.25, 0.3) is 0 Å². The van der Waals surface area contributed by atoms with Gasteiger partial charge in [0.15, 0.2) is 50.3 Å². The van der Waals surface area contributed by atoms with E-state index in [9.17, 15) is 192 Å². The summed E-state index contributed by atoms with van der Waals surface area (Å²) in [6, 6.07) is -9.40. The summed E-state index contributed by atoms with van der Waals surface area (Å²) in [6.45, 7) is -7.65. The fraction of sp³-hybridized carbons (Fsp3) is 0.908. The van der Waals surface area contributed by atoms with Gasteiger partial charge >= 0.3 is 11.9 Å². The van der Waals surface area contributed by atoms with E-state index in [1.807, 2.05) is 0 Å². The third kappa shape index (κ3) is 25.4. The van der Waals surface area contributed by atoms with Crippen LogP contribution in [-0.4, -0.2) is 584 Å². The van der Waals surface area contributed by atoms with E-state index < -0.39 is 438 Å². The Labute approximate surface area is 779 Å². The molecule has 0 aromatic carbocycles. The highest BCUT2D eigenvalue weighted by Crippen LogP contribution is 2.43. The smallest absolute Gasteiger partial charge is 0.364 e. The summed E-state index contributed by atoms with van der Waals surface area (Å²) in [4.78, 5) is 89.1. The van der Waals surface area contributed by atoms with Gasteiger partial charge in [-0.2, -0.15) is 0 Å². The quantitative estimate of drug-likeness (QED) is 0.0272. The molecule has 52 atom stereocenters. The Bertz CT molecular complexity index is 3930. The summed E-state index contributed by atoms with van der Waals surface area (Å²) in [5, 5.41) is 357. The minimum atomic E-state index is -3.11. The molecular weight excluding hydrogens is 1890 g/mol. The maximum Gasteiger partial charge on any atom is 0.364 e. The highest BCUT2D eigenvalue weighted by Gasteiger charge is 2.64. The monoisotopic (exact) mass is 2020 g/mol. The first-order valence-corrected chi connectivity index (χ1v) is 43.4. The van der Waals surface area contributed by atoms with E-state index in [0.717, 1.165) is 34.6 Å². The number of carbonyl (C=O) groups excluding carboxylic acids is 5. The summed E-state index contributed by atoms with van der Waals surface area (Å²) < 4.78 is 112. The molecule has 5 amide bonds. The van der Waals surface area contributed by atoms with Crippen molar-refractivity contribution < 1.29 is 282 Å². The molecule has 10 fully saturated rings. The summed E-state index contributed by atoms with van der Waals surface area (Å²) in [6.07, 6.45) is -103. The Morgan fingerprint density at radius 1 is 0.297 bits per heavy atom. The number of aliphatic hydroxyl groups excluding tert-OH is 29. The molecule has 0 bridgehead atoms. The minimum absolute atomic E-state index is 0.852.